The Hall–Kier alpha value is -0.610. The maximum Gasteiger partial charge on any atom is 0.323 e. The summed E-state index contributed by atoms with van der Waals surface area (Å²) in [7, 11) is 1.77. The molecule has 0 radical (unpaired) electrons. The van der Waals surface area contributed by atoms with Gasteiger partial charge in [0.25, 0.3) is 0 Å². The summed E-state index contributed by atoms with van der Waals surface area (Å²) in [5.41, 5.74) is -0.448. The van der Waals surface area contributed by atoms with Crippen molar-refractivity contribution in [1.29, 1.82) is 0 Å². The van der Waals surface area contributed by atoms with Crippen LogP contribution in [-0.2, 0) is 4.79 Å². The van der Waals surface area contributed by atoms with E-state index in [1.54, 1.807) is 7.05 Å². The predicted octanol–water partition coefficient (Wildman–Crippen LogP) is 1.46. The van der Waals surface area contributed by atoms with E-state index in [-0.39, 0.29) is 5.54 Å². The van der Waals surface area contributed by atoms with E-state index >= 15 is 0 Å². The summed E-state index contributed by atoms with van der Waals surface area (Å²) in [6, 6.07) is 0.427. The number of likely N-dealkylation sites (N-methyl/N-ethyl adjacent to an activating group) is 1. The van der Waals surface area contributed by atoms with Gasteiger partial charge in [-0.1, -0.05) is 0 Å². The van der Waals surface area contributed by atoms with E-state index in [0.29, 0.717) is 6.04 Å². The number of nitrogens with zero attached hydrogens (tertiary/aromatic N) is 1. The van der Waals surface area contributed by atoms with Gasteiger partial charge in [0, 0.05) is 11.6 Å². The summed E-state index contributed by atoms with van der Waals surface area (Å²) in [4.78, 5) is 13.9. The number of likely N-dealkylation sites (tertiary alicyclic amines) is 1. The average molecular weight is 240 g/mol. The molecule has 1 aliphatic heterocycles. The fraction of sp³-hybridized carbons (Fsp3) is 0.923. The lowest BCUT2D eigenvalue weighted by Gasteiger charge is -2.37. The molecule has 98 valence electrons. The fourth-order valence-electron chi connectivity index (χ4n) is 3.62. The van der Waals surface area contributed by atoms with Gasteiger partial charge in [-0.3, -0.25) is 9.69 Å². The minimum Gasteiger partial charge on any atom is -0.480 e. The van der Waals surface area contributed by atoms with Crippen molar-refractivity contribution < 1.29 is 9.90 Å². The van der Waals surface area contributed by atoms with Gasteiger partial charge in [0.05, 0.1) is 0 Å². The second kappa shape index (κ2) is 4.25. The van der Waals surface area contributed by atoms with E-state index in [2.05, 4.69) is 24.1 Å². The van der Waals surface area contributed by atoms with Crippen molar-refractivity contribution in [3.8, 4) is 0 Å². The van der Waals surface area contributed by atoms with Gasteiger partial charge in [0.15, 0.2) is 0 Å². The molecule has 0 aromatic carbocycles. The molecule has 2 N–H and O–H groups in total. The van der Waals surface area contributed by atoms with Gasteiger partial charge >= 0.3 is 5.97 Å². The Morgan fingerprint density at radius 2 is 2.12 bits per heavy atom. The standard InChI is InChI=1S/C13H24N2O2/c1-12(2)6-4-8-15(12)10-5-7-13(9-10,14-3)11(16)17/h10,14H,4-9H2,1-3H3,(H,16,17). The highest BCUT2D eigenvalue weighted by Crippen LogP contribution is 2.39. The topological polar surface area (TPSA) is 52.6 Å². The minimum atomic E-state index is -0.695. The SMILES string of the molecule is CNC1(C(=O)O)CCC(N2CCCC2(C)C)C1. The predicted molar refractivity (Wildman–Crippen MR) is 67.1 cm³/mol. The Kier molecular flexibility index (Phi) is 3.21. The summed E-state index contributed by atoms with van der Waals surface area (Å²) in [5.74, 6) is -0.695. The van der Waals surface area contributed by atoms with Crippen LogP contribution in [0.3, 0.4) is 0 Å². The highest BCUT2D eigenvalue weighted by Gasteiger charge is 2.49. The number of rotatable bonds is 3. The molecule has 0 aromatic heterocycles. The van der Waals surface area contributed by atoms with Crippen LogP contribution < -0.4 is 5.32 Å². The Labute approximate surface area is 103 Å². The number of nitrogens with one attached hydrogen (secondary N) is 1. The number of hydrogen-bond donors (Lipinski definition) is 2. The molecule has 1 saturated carbocycles. The number of aliphatic carboxylic acids is 1. The van der Waals surface area contributed by atoms with E-state index in [9.17, 15) is 9.90 Å². The lowest BCUT2D eigenvalue weighted by Crippen LogP contribution is -2.51. The largest absolute Gasteiger partial charge is 0.480 e. The molecule has 2 unspecified atom stereocenters. The first-order valence-electron chi connectivity index (χ1n) is 6.60. The Morgan fingerprint density at radius 3 is 2.53 bits per heavy atom. The molecule has 4 heteroatoms. The Bertz CT molecular complexity index is 317. The van der Waals surface area contributed by atoms with Crippen LogP contribution in [0.1, 0.15) is 46.0 Å². The van der Waals surface area contributed by atoms with Crippen LogP contribution in [0.5, 0.6) is 0 Å². The molecular weight excluding hydrogens is 216 g/mol. The summed E-state index contributed by atoms with van der Waals surface area (Å²) in [6.45, 7) is 5.68. The molecule has 2 rings (SSSR count). The lowest BCUT2D eigenvalue weighted by atomic mass is 9.96. The first-order valence-corrected chi connectivity index (χ1v) is 6.60. The van der Waals surface area contributed by atoms with Gasteiger partial charge in [-0.15, -0.1) is 0 Å². The third-order valence-electron chi connectivity index (χ3n) is 4.78. The quantitative estimate of drug-likeness (QED) is 0.784. The normalized spacial score (nSPS) is 37.5. The van der Waals surface area contributed by atoms with Gasteiger partial charge in [0.1, 0.15) is 5.54 Å². The van der Waals surface area contributed by atoms with Crippen LogP contribution in [0.25, 0.3) is 0 Å². The number of hydrogen-bond acceptors (Lipinski definition) is 3. The van der Waals surface area contributed by atoms with Gasteiger partial charge in [-0.2, -0.15) is 0 Å². The first kappa shape index (κ1) is 12.8. The van der Waals surface area contributed by atoms with E-state index in [4.69, 9.17) is 0 Å². The minimum absolute atomic E-state index is 0.243. The molecular formula is C13H24N2O2. The lowest BCUT2D eigenvalue weighted by molar-refractivity contribution is -0.144. The molecule has 1 aliphatic carbocycles. The summed E-state index contributed by atoms with van der Waals surface area (Å²) < 4.78 is 0. The van der Waals surface area contributed by atoms with Gasteiger partial charge in [-0.25, -0.2) is 0 Å². The molecule has 1 heterocycles. The van der Waals surface area contributed by atoms with Crippen molar-refractivity contribution in [2.45, 2.75) is 63.1 Å². The summed E-state index contributed by atoms with van der Waals surface area (Å²) in [5, 5.41) is 12.4. The monoisotopic (exact) mass is 240 g/mol. The van der Waals surface area contributed by atoms with E-state index in [1.165, 1.54) is 12.8 Å². The maximum atomic E-state index is 11.4. The molecule has 2 fully saturated rings. The van der Waals surface area contributed by atoms with Crippen LogP contribution in [0.2, 0.25) is 0 Å². The highest BCUT2D eigenvalue weighted by atomic mass is 16.4. The molecule has 2 atom stereocenters. The molecule has 4 nitrogen and oxygen atoms in total. The fourth-order valence-corrected chi connectivity index (χ4v) is 3.62. The van der Waals surface area contributed by atoms with Crippen molar-refractivity contribution in [2.24, 2.45) is 0 Å². The molecule has 1 saturated heterocycles. The van der Waals surface area contributed by atoms with Crippen molar-refractivity contribution in [3.05, 3.63) is 0 Å². The van der Waals surface area contributed by atoms with Crippen molar-refractivity contribution >= 4 is 5.97 Å². The number of carbonyl (C=O) groups is 1. The second-order valence-corrected chi connectivity index (χ2v) is 6.14. The van der Waals surface area contributed by atoms with Gasteiger partial charge in [-0.05, 0) is 59.5 Å². The molecule has 17 heavy (non-hydrogen) atoms. The molecule has 0 bridgehead atoms. The highest BCUT2D eigenvalue weighted by molar-refractivity contribution is 5.79. The van der Waals surface area contributed by atoms with E-state index in [0.717, 1.165) is 25.8 Å². The first-order chi connectivity index (χ1) is 7.91. The molecule has 0 aromatic rings. The average Bonchev–Trinajstić information content (AvgIpc) is 2.81. The maximum absolute atomic E-state index is 11.4. The Morgan fingerprint density at radius 1 is 1.41 bits per heavy atom. The van der Waals surface area contributed by atoms with Crippen LogP contribution in [0, 0.1) is 0 Å². The smallest absolute Gasteiger partial charge is 0.323 e. The zero-order valence-electron chi connectivity index (χ0n) is 11.1. The second-order valence-electron chi connectivity index (χ2n) is 6.14. The zero-order chi connectivity index (χ0) is 12.7. The van der Waals surface area contributed by atoms with E-state index < -0.39 is 11.5 Å². The number of carboxylic acid groups (broad SMARTS) is 1. The molecule has 0 spiro atoms. The van der Waals surface area contributed by atoms with Crippen molar-refractivity contribution in [3.63, 3.8) is 0 Å². The summed E-state index contributed by atoms with van der Waals surface area (Å²) >= 11 is 0. The van der Waals surface area contributed by atoms with Crippen molar-refractivity contribution in [2.75, 3.05) is 13.6 Å². The Balaban J connectivity index is 2.09. The zero-order valence-corrected chi connectivity index (χ0v) is 11.1. The van der Waals surface area contributed by atoms with Gasteiger partial charge in [0.2, 0.25) is 0 Å². The third-order valence-corrected chi connectivity index (χ3v) is 4.78. The molecule has 0 amide bonds. The molecule has 2 aliphatic rings. The van der Waals surface area contributed by atoms with Crippen molar-refractivity contribution in [1.82, 2.24) is 10.2 Å². The summed E-state index contributed by atoms with van der Waals surface area (Å²) in [6.07, 6.45) is 4.95. The van der Waals surface area contributed by atoms with Crippen LogP contribution in [-0.4, -0.2) is 46.7 Å². The van der Waals surface area contributed by atoms with Gasteiger partial charge < -0.3 is 10.4 Å². The van der Waals surface area contributed by atoms with Crippen LogP contribution in [0.15, 0.2) is 0 Å². The van der Waals surface area contributed by atoms with Crippen LogP contribution >= 0.6 is 0 Å². The third kappa shape index (κ3) is 2.08. The van der Waals surface area contributed by atoms with E-state index in [1.807, 2.05) is 0 Å². The van der Waals surface area contributed by atoms with Crippen LogP contribution in [0.4, 0.5) is 0 Å². The number of carboxylic acids is 1.